The van der Waals surface area contributed by atoms with E-state index in [-0.39, 0.29) is 17.7 Å². The minimum Gasteiger partial charge on any atom is -0.456 e. The van der Waals surface area contributed by atoms with Crippen molar-refractivity contribution in [3.63, 3.8) is 0 Å². The lowest BCUT2D eigenvalue weighted by atomic mass is 9.44. The predicted octanol–water partition coefficient (Wildman–Crippen LogP) is 11.9. The maximum atomic E-state index is 6.83. The third-order valence-electron chi connectivity index (χ3n) is 11.8. The van der Waals surface area contributed by atoms with Crippen molar-refractivity contribution >= 4 is 89.4 Å². The zero-order chi connectivity index (χ0) is 35.3. The zero-order valence-electron chi connectivity index (χ0n) is 30.5. The zero-order valence-corrected chi connectivity index (χ0v) is 30.5. The molecule has 0 bridgehead atoms. The van der Waals surface area contributed by atoms with Gasteiger partial charge >= 0.3 is 6.85 Å². The summed E-state index contributed by atoms with van der Waals surface area (Å²) in [6.45, 7) is 13.9. The van der Waals surface area contributed by atoms with E-state index in [1.807, 2.05) is 0 Å². The third-order valence-corrected chi connectivity index (χ3v) is 11.8. The number of aromatic nitrogens is 1. The van der Waals surface area contributed by atoms with Crippen LogP contribution in [0, 0.1) is 0 Å². The van der Waals surface area contributed by atoms with E-state index >= 15 is 0 Å². The maximum Gasteiger partial charge on any atom is 0.333 e. The SMILES string of the molecule is CC(C)(C)c1cc(N2c3cc4ccccc4cc3B3c4c(cc5oc6ccccc6c5c42)-c2cccc4c5ccccc5n3c24)cc(C(C)(C)C)c1. The lowest BCUT2D eigenvalue weighted by Crippen LogP contribution is -2.56. The van der Waals surface area contributed by atoms with Gasteiger partial charge in [-0.15, -0.1) is 0 Å². The summed E-state index contributed by atoms with van der Waals surface area (Å²) in [5.41, 5.74) is 15.8. The highest BCUT2D eigenvalue weighted by molar-refractivity contribution is 6.90. The Morgan fingerprint density at radius 1 is 0.558 bits per heavy atom. The van der Waals surface area contributed by atoms with Gasteiger partial charge in [0.2, 0.25) is 0 Å². The quantitative estimate of drug-likeness (QED) is 0.162. The lowest BCUT2D eigenvalue weighted by Gasteiger charge is -2.41. The van der Waals surface area contributed by atoms with Gasteiger partial charge in [-0.3, -0.25) is 0 Å². The number of nitrogens with zero attached hydrogens (tertiary/aromatic N) is 2. The third kappa shape index (κ3) is 3.93. The molecule has 0 unspecified atom stereocenters. The number of hydrogen-bond acceptors (Lipinski definition) is 2. The minimum absolute atomic E-state index is 0.0379. The molecule has 9 aromatic rings. The molecule has 4 heteroatoms. The van der Waals surface area contributed by atoms with Gasteiger partial charge < -0.3 is 13.8 Å². The Bertz CT molecular complexity index is 2970. The molecule has 0 fully saturated rings. The summed E-state index contributed by atoms with van der Waals surface area (Å²) in [5.74, 6) is 0. The molecule has 7 aromatic carbocycles. The molecule has 0 saturated heterocycles. The van der Waals surface area contributed by atoms with Crippen molar-refractivity contribution in [2.24, 2.45) is 0 Å². The lowest BCUT2D eigenvalue weighted by molar-refractivity contribution is 0.569. The summed E-state index contributed by atoms with van der Waals surface area (Å²) >= 11 is 0. The largest absolute Gasteiger partial charge is 0.456 e. The van der Waals surface area contributed by atoms with Gasteiger partial charge in [-0.2, -0.15) is 0 Å². The van der Waals surface area contributed by atoms with Crippen LogP contribution in [0.5, 0.6) is 0 Å². The van der Waals surface area contributed by atoms with E-state index in [1.165, 1.54) is 88.2 Å². The minimum atomic E-state index is -0.0388. The fourth-order valence-corrected chi connectivity index (χ4v) is 9.23. The Morgan fingerprint density at radius 2 is 1.21 bits per heavy atom. The molecule has 250 valence electrons. The van der Waals surface area contributed by atoms with E-state index in [9.17, 15) is 0 Å². The second-order valence-corrected chi connectivity index (χ2v) is 17.0. The molecule has 4 heterocycles. The van der Waals surface area contributed by atoms with Gasteiger partial charge in [0.15, 0.2) is 0 Å². The first-order valence-electron chi connectivity index (χ1n) is 18.6. The van der Waals surface area contributed by atoms with Crippen LogP contribution in [0.4, 0.5) is 17.1 Å². The molecule has 0 aliphatic carbocycles. The van der Waals surface area contributed by atoms with Crippen LogP contribution in [0.2, 0.25) is 0 Å². The number of fused-ring (bicyclic) bond motifs is 12. The molecule has 52 heavy (non-hydrogen) atoms. The monoisotopic (exact) mass is 670 g/mol. The molecular weight excluding hydrogens is 631 g/mol. The van der Waals surface area contributed by atoms with Crippen LogP contribution < -0.4 is 15.8 Å². The average Bonchev–Trinajstić information content (AvgIpc) is 3.68. The summed E-state index contributed by atoms with van der Waals surface area (Å²) < 4.78 is 9.48. The fraction of sp³-hybridized carbons (Fsp3) is 0.167. The Hall–Kier alpha value is -5.74. The highest BCUT2D eigenvalue weighted by atomic mass is 16.3. The van der Waals surface area contributed by atoms with Crippen LogP contribution in [0.15, 0.2) is 132 Å². The summed E-state index contributed by atoms with van der Waals surface area (Å²) in [5, 5.41) is 7.39. The summed E-state index contributed by atoms with van der Waals surface area (Å²) in [7, 11) is 0. The summed E-state index contributed by atoms with van der Waals surface area (Å²) in [6.07, 6.45) is 0. The van der Waals surface area contributed by atoms with E-state index in [4.69, 9.17) is 4.42 Å². The van der Waals surface area contributed by atoms with Crippen LogP contribution in [-0.2, 0) is 10.8 Å². The van der Waals surface area contributed by atoms with Gasteiger partial charge in [0.05, 0.1) is 11.1 Å². The van der Waals surface area contributed by atoms with Crippen LogP contribution in [0.25, 0.3) is 65.6 Å². The predicted molar refractivity (Wildman–Crippen MR) is 222 cm³/mol. The van der Waals surface area contributed by atoms with Gasteiger partial charge in [-0.1, -0.05) is 133 Å². The fourth-order valence-electron chi connectivity index (χ4n) is 9.23. The van der Waals surface area contributed by atoms with Crippen molar-refractivity contribution in [3.05, 3.63) is 139 Å². The molecule has 0 N–H and O–H groups in total. The molecule has 0 spiro atoms. The van der Waals surface area contributed by atoms with E-state index in [0.29, 0.717) is 0 Å². The molecule has 11 rings (SSSR count). The molecule has 2 aliphatic rings. The molecular formula is C48H39BN2O. The molecule has 2 aromatic heterocycles. The van der Waals surface area contributed by atoms with Crippen LogP contribution in [0.1, 0.15) is 52.7 Å². The number of anilines is 3. The standard InChI is InChI=1S/C48H39BN2O/c1-47(2,3)30-24-31(48(4,5)6)26-32(25-30)50-40-23-29-15-8-7-14-28(29)22-38(40)49-44-37(27-42-43(46(44)50)36-17-10-12-21-41(36)52-42)35-19-13-18-34-33-16-9-11-20-39(33)51(49)45(34)35/h7-27H,1-6H3. The highest BCUT2D eigenvalue weighted by Crippen LogP contribution is 2.51. The summed E-state index contributed by atoms with van der Waals surface area (Å²) in [6, 6.07) is 47.8. The van der Waals surface area contributed by atoms with E-state index in [2.05, 4.69) is 178 Å². The van der Waals surface area contributed by atoms with Gasteiger partial charge in [-0.25, -0.2) is 0 Å². The van der Waals surface area contributed by atoms with Crippen molar-refractivity contribution in [1.29, 1.82) is 0 Å². The second kappa shape index (κ2) is 9.98. The van der Waals surface area contributed by atoms with Crippen LogP contribution in [-0.4, -0.2) is 11.3 Å². The average molecular weight is 671 g/mol. The first-order chi connectivity index (χ1) is 25.1. The topological polar surface area (TPSA) is 21.3 Å². The van der Waals surface area contributed by atoms with Crippen LogP contribution in [0.3, 0.4) is 0 Å². The van der Waals surface area contributed by atoms with Crippen molar-refractivity contribution in [2.45, 2.75) is 52.4 Å². The maximum absolute atomic E-state index is 6.83. The first kappa shape index (κ1) is 29.9. The van der Waals surface area contributed by atoms with Gasteiger partial charge in [0, 0.05) is 44.1 Å². The van der Waals surface area contributed by atoms with Gasteiger partial charge in [0.1, 0.15) is 11.2 Å². The molecule has 3 nitrogen and oxygen atoms in total. The molecule has 0 radical (unpaired) electrons. The second-order valence-electron chi connectivity index (χ2n) is 17.0. The number of hydrogen-bond donors (Lipinski definition) is 0. The highest BCUT2D eigenvalue weighted by Gasteiger charge is 2.44. The Morgan fingerprint density at radius 3 is 1.96 bits per heavy atom. The van der Waals surface area contributed by atoms with Crippen LogP contribution >= 0.6 is 0 Å². The Balaban J connectivity index is 1.39. The number of para-hydroxylation sites is 3. The van der Waals surface area contributed by atoms with Crippen molar-refractivity contribution in [3.8, 4) is 11.1 Å². The van der Waals surface area contributed by atoms with Crippen molar-refractivity contribution < 1.29 is 4.42 Å². The molecule has 0 atom stereocenters. The van der Waals surface area contributed by atoms with E-state index in [0.717, 1.165) is 16.6 Å². The Kier molecular flexibility index (Phi) is 5.75. The van der Waals surface area contributed by atoms with Gasteiger partial charge in [-0.05, 0) is 85.6 Å². The summed E-state index contributed by atoms with van der Waals surface area (Å²) in [4.78, 5) is 2.60. The number of benzene rings is 7. The van der Waals surface area contributed by atoms with Gasteiger partial charge in [0.25, 0.3) is 0 Å². The van der Waals surface area contributed by atoms with E-state index < -0.39 is 0 Å². The van der Waals surface area contributed by atoms with E-state index in [1.54, 1.807) is 0 Å². The van der Waals surface area contributed by atoms with Crippen molar-refractivity contribution in [2.75, 3.05) is 4.90 Å². The smallest absolute Gasteiger partial charge is 0.333 e. The first-order valence-corrected chi connectivity index (χ1v) is 18.6. The number of furan rings is 1. The molecule has 0 saturated carbocycles. The number of rotatable bonds is 1. The molecule has 0 amide bonds. The Labute approximate surface area is 304 Å². The molecule has 2 aliphatic heterocycles. The van der Waals surface area contributed by atoms with Crippen molar-refractivity contribution in [1.82, 2.24) is 4.48 Å². The normalized spacial score (nSPS) is 13.9.